The first-order valence-electron chi connectivity index (χ1n) is 14.3. The van der Waals surface area contributed by atoms with E-state index in [0.29, 0.717) is 13.0 Å². The summed E-state index contributed by atoms with van der Waals surface area (Å²) in [6.45, 7) is 15.9. The summed E-state index contributed by atoms with van der Waals surface area (Å²) in [5, 5.41) is 5.59. The van der Waals surface area contributed by atoms with Crippen LogP contribution in [0.25, 0.3) is 0 Å². The molecular weight excluding hydrogens is 512 g/mol. The first-order chi connectivity index (χ1) is 18.3. The number of fused-ring (bicyclic) bond motifs is 1. The molecule has 3 rings (SSSR count). The Kier molecular flexibility index (Phi) is 8.89. The molecule has 0 aromatic rings. The Hall–Kier alpha value is -2.82. The van der Waals surface area contributed by atoms with E-state index in [0.717, 1.165) is 19.3 Å². The van der Waals surface area contributed by atoms with Crippen molar-refractivity contribution in [1.29, 1.82) is 0 Å². The molecule has 0 radical (unpaired) electrons. The molecule has 2 saturated carbocycles. The topological polar surface area (TPSA) is 177 Å². The Morgan fingerprint density at radius 2 is 1.62 bits per heavy atom. The third-order valence-corrected chi connectivity index (χ3v) is 9.11. The molecule has 0 aromatic heterocycles. The van der Waals surface area contributed by atoms with Crippen LogP contribution in [-0.4, -0.2) is 71.4 Å². The molecule has 1 heterocycles. The summed E-state index contributed by atoms with van der Waals surface area (Å²) in [5.41, 5.74) is 9.91. The van der Waals surface area contributed by atoms with Gasteiger partial charge in [-0.05, 0) is 35.0 Å². The van der Waals surface area contributed by atoms with E-state index >= 15 is 0 Å². The maximum absolute atomic E-state index is 14.0. The van der Waals surface area contributed by atoms with Crippen LogP contribution in [0.2, 0.25) is 0 Å². The Balaban J connectivity index is 1.88. The first-order valence-corrected chi connectivity index (χ1v) is 14.3. The van der Waals surface area contributed by atoms with Gasteiger partial charge in [-0.2, -0.15) is 4.99 Å². The number of likely N-dealkylation sites (tertiary alicyclic amines) is 1. The summed E-state index contributed by atoms with van der Waals surface area (Å²) in [6, 6.07) is -2.91. The molecule has 0 unspecified atom stereocenters. The lowest BCUT2D eigenvalue weighted by atomic mass is 9.80. The number of carbonyl (C=O) groups is 5. The number of urea groups is 1. The number of Topliss-reactive ketones (excluding diaryl/α,β-unsaturated/α-hetero) is 1. The van der Waals surface area contributed by atoms with Crippen LogP contribution in [-0.2, 0) is 19.2 Å². The number of aliphatic imine (C=N–C) groups is 1. The Labute approximate surface area is 237 Å². The lowest BCUT2D eigenvalue weighted by Crippen LogP contribution is -2.57. The zero-order valence-corrected chi connectivity index (χ0v) is 25.3. The van der Waals surface area contributed by atoms with Crippen molar-refractivity contribution in [2.75, 3.05) is 13.1 Å². The van der Waals surface area contributed by atoms with Crippen LogP contribution in [0.4, 0.5) is 4.79 Å². The SMILES string of the molecule is CC(C)(C)C(=NC(=O)N[C@H](CN)C(C)(C)C)C(=O)N1C[C@H]2[C@@H]([C@H]1C(=O)N[C@H](CC1CCC1)C(=O)C(N)=O)C2(C)C. The summed E-state index contributed by atoms with van der Waals surface area (Å²) < 4.78 is 0. The van der Waals surface area contributed by atoms with Crippen molar-refractivity contribution in [3.05, 3.63) is 0 Å². The van der Waals surface area contributed by atoms with Gasteiger partial charge in [0.05, 0.1) is 6.04 Å². The minimum absolute atomic E-state index is 0.0332. The van der Waals surface area contributed by atoms with Crippen molar-refractivity contribution in [3.8, 4) is 0 Å². The first kappa shape index (κ1) is 31.7. The Bertz CT molecular complexity index is 1080. The molecule has 3 aliphatic rings. The predicted molar refractivity (Wildman–Crippen MR) is 152 cm³/mol. The van der Waals surface area contributed by atoms with Gasteiger partial charge in [-0.15, -0.1) is 0 Å². The number of piperidine rings is 1. The highest BCUT2D eigenvalue weighted by Crippen LogP contribution is 2.65. The second-order valence-corrected chi connectivity index (χ2v) is 14.5. The summed E-state index contributed by atoms with van der Waals surface area (Å²) in [6.07, 6.45) is 3.25. The highest BCUT2D eigenvalue weighted by atomic mass is 16.2. The van der Waals surface area contributed by atoms with Gasteiger partial charge in [0.15, 0.2) is 0 Å². The van der Waals surface area contributed by atoms with Gasteiger partial charge < -0.3 is 27.0 Å². The van der Waals surface area contributed by atoms with E-state index in [1.54, 1.807) is 20.8 Å². The quantitative estimate of drug-likeness (QED) is 0.247. The number of carbonyl (C=O) groups excluding carboxylic acids is 5. The van der Waals surface area contributed by atoms with E-state index in [9.17, 15) is 24.0 Å². The van der Waals surface area contributed by atoms with E-state index in [1.807, 2.05) is 20.8 Å². The molecule has 5 atom stereocenters. The Morgan fingerprint density at radius 1 is 1.02 bits per heavy atom. The van der Waals surface area contributed by atoms with Gasteiger partial charge in [-0.25, -0.2) is 4.79 Å². The molecule has 11 nitrogen and oxygen atoms in total. The minimum Gasteiger partial charge on any atom is -0.363 e. The normalized spacial score (nSPS) is 25.8. The van der Waals surface area contributed by atoms with Crippen LogP contribution in [0.1, 0.15) is 81.1 Å². The highest BCUT2D eigenvalue weighted by Gasteiger charge is 2.69. The van der Waals surface area contributed by atoms with Crippen molar-refractivity contribution in [2.24, 2.45) is 50.5 Å². The van der Waals surface area contributed by atoms with E-state index in [1.165, 1.54) is 4.90 Å². The van der Waals surface area contributed by atoms with E-state index in [-0.39, 0.29) is 46.9 Å². The van der Waals surface area contributed by atoms with Crippen molar-refractivity contribution in [1.82, 2.24) is 15.5 Å². The third kappa shape index (κ3) is 6.56. The summed E-state index contributed by atoms with van der Waals surface area (Å²) in [4.78, 5) is 70.8. The van der Waals surface area contributed by atoms with E-state index in [4.69, 9.17) is 11.5 Å². The second-order valence-electron chi connectivity index (χ2n) is 14.5. The molecule has 0 spiro atoms. The van der Waals surface area contributed by atoms with Crippen LogP contribution in [0, 0.1) is 34.0 Å². The predicted octanol–water partition coefficient (Wildman–Crippen LogP) is 1.77. The number of hydrogen-bond acceptors (Lipinski definition) is 6. The van der Waals surface area contributed by atoms with Gasteiger partial charge in [0, 0.05) is 24.5 Å². The van der Waals surface area contributed by atoms with Gasteiger partial charge >= 0.3 is 6.03 Å². The van der Waals surface area contributed by atoms with Crippen LogP contribution in [0.5, 0.6) is 0 Å². The number of nitrogens with zero attached hydrogens (tertiary/aromatic N) is 2. The molecule has 40 heavy (non-hydrogen) atoms. The van der Waals surface area contributed by atoms with Crippen molar-refractivity contribution in [3.63, 3.8) is 0 Å². The standard InChI is InChI=1S/C29H48N6O5/c1-27(2,3)18(13-30)33-26(40)34-22(28(4,5)6)25(39)35-14-16-19(29(16,7)8)20(35)24(38)32-17(21(36)23(31)37)12-15-10-9-11-15/h15-20H,9-14,30H2,1-8H3,(H2,31,37)(H,32,38)(H,33,40)/t16-,17+,18+,19-,20-/m0/s1. The van der Waals surface area contributed by atoms with Gasteiger partial charge in [-0.3, -0.25) is 19.2 Å². The van der Waals surface area contributed by atoms with Gasteiger partial charge in [-0.1, -0.05) is 74.7 Å². The van der Waals surface area contributed by atoms with E-state index < -0.39 is 47.0 Å². The number of nitrogens with two attached hydrogens (primary N) is 2. The zero-order chi connectivity index (χ0) is 30.4. The summed E-state index contributed by atoms with van der Waals surface area (Å²) in [5.74, 6) is -2.70. The molecule has 11 heteroatoms. The number of nitrogens with one attached hydrogen (secondary N) is 2. The fraction of sp³-hybridized carbons (Fsp3) is 0.793. The fourth-order valence-electron chi connectivity index (χ4n) is 6.10. The smallest absolute Gasteiger partial charge is 0.341 e. The van der Waals surface area contributed by atoms with Crippen LogP contribution < -0.4 is 22.1 Å². The number of primary amides is 1. The number of ketones is 1. The minimum atomic E-state index is -1.09. The molecular formula is C29H48N6O5. The molecule has 224 valence electrons. The monoisotopic (exact) mass is 560 g/mol. The van der Waals surface area contributed by atoms with Gasteiger partial charge in [0.2, 0.25) is 11.7 Å². The van der Waals surface area contributed by atoms with Gasteiger partial charge in [0.25, 0.3) is 11.8 Å². The molecule has 2 aliphatic carbocycles. The molecule has 1 saturated heterocycles. The largest absolute Gasteiger partial charge is 0.363 e. The van der Waals surface area contributed by atoms with Crippen molar-refractivity contribution >= 4 is 35.2 Å². The summed E-state index contributed by atoms with van der Waals surface area (Å²) in [7, 11) is 0. The van der Waals surface area contributed by atoms with E-state index in [2.05, 4.69) is 29.5 Å². The Morgan fingerprint density at radius 3 is 2.08 bits per heavy atom. The zero-order valence-electron chi connectivity index (χ0n) is 25.3. The lowest BCUT2D eigenvalue weighted by molar-refractivity contribution is -0.141. The number of rotatable bonds is 9. The van der Waals surface area contributed by atoms with Crippen LogP contribution in [0.3, 0.4) is 0 Å². The number of amides is 5. The lowest BCUT2D eigenvalue weighted by Gasteiger charge is -2.34. The molecule has 5 amide bonds. The van der Waals surface area contributed by atoms with Gasteiger partial charge in [0.1, 0.15) is 11.8 Å². The highest BCUT2D eigenvalue weighted by molar-refractivity contribution is 6.42. The summed E-state index contributed by atoms with van der Waals surface area (Å²) >= 11 is 0. The average molecular weight is 561 g/mol. The maximum Gasteiger partial charge on any atom is 0.341 e. The van der Waals surface area contributed by atoms with Crippen molar-refractivity contribution < 1.29 is 24.0 Å². The fourth-order valence-corrected chi connectivity index (χ4v) is 6.10. The number of hydrogen-bond donors (Lipinski definition) is 4. The van der Waals surface area contributed by atoms with Crippen LogP contribution >= 0.6 is 0 Å². The maximum atomic E-state index is 14.0. The third-order valence-electron chi connectivity index (χ3n) is 9.11. The second kappa shape index (κ2) is 11.2. The molecule has 0 bridgehead atoms. The van der Waals surface area contributed by atoms with Crippen LogP contribution in [0.15, 0.2) is 4.99 Å². The molecule has 6 N–H and O–H groups in total. The molecule has 1 aliphatic heterocycles. The van der Waals surface area contributed by atoms with Crippen molar-refractivity contribution in [2.45, 2.75) is 99.2 Å². The molecule has 0 aromatic carbocycles. The molecule has 3 fully saturated rings. The average Bonchev–Trinajstić information content (AvgIpc) is 3.14.